The van der Waals surface area contributed by atoms with Crippen molar-refractivity contribution in [3.63, 3.8) is 0 Å². The van der Waals surface area contributed by atoms with Gasteiger partial charge < -0.3 is 10.4 Å². The van der Waals surface area contributed by atoms with Crippen molar-refractivity contribution in [3.05, 3.63) is 70.8 Å². The fraction of sp³-hybridized carbons (Fsp3) is 0.263. The van der Waals surface area contributed by atoms with Crippen LogP contribution in [0.3, 0.4) is 0 Å². The Bertz CT molecular complexity index is 845. The highest BCUT2D eigenvalue weighted by Gasteiger charge is 2.37. The molecule has 1 amide bonds. The summed E-state index contributed by atoms with van der Waals surface area (Å²) in [5, 5.41) is 11.2. The van der Waals surface area contributed by atoms with Gasteiger partial charge in [0.15, 0.2) is 0 Å². The van der Waals surface area contributed by atoms with Gasteiger partial charge >= 0.3 is 18.3 Å². The van der Waals surface area contributed by atoms with Crippen molar-refractivity contribution in [3.8, 4) is 0 Å². The van der Waals surface area contributed by atoms with E-state index in [0.717, 1.165) is 5.56 Å². The number of rotatable bonds is 6. The zero-order valence-electron chi connectivity index (χ0n) is 14.6. The molecule has 0 spiro atoms. The number of halogens is 6. The van der Waals surface area contributed by atoms with Gasteiger partial charge in [-0.1, -0.05) is 30.3 Å². The maximum atomic E-state index is 12.9. The molecule has 0 unspecified atom stereocenters. The van der Waals surface area contributed by atoms with Crippen LogP contribution in [0, 0.1) is 0 Å². The number of carbonyl (C=O) groups excluding carboxylic acids is 1. The minimum absolute atomic E-state index is 0.101. The Balaban J connectivity index is 2.25. The second-order valence-electron chi connectivity index (χ2n) is 6.18. The monoisotopic (exact) mass is 419 g/mol. The lowest BCUT2D eigenvalue weighted by molar-refractivity contribution is -0.143. The standard InChI is InChI=1S/C19H15F6NO3/c20-18(21,22)13-8-12(9-14(10-13)19(23,24)25)16(27)26-15(17(28)29)7-6-11-4-2-1-3-5-11/h1-5,8-10,15H,6-7H2,(H,26,27)(H,28,29)/t15-/m1/s1. The summed E-state index contributed by atoms with van der Waals surface area (Å²) in [5.74, 6) is -2.81. The Kier molecular flexibility index (Phi) is 6.55. The fourth-order valence-corrected chi connectivity index (χ4v) is 2.54. The van der Waals surface area contributed by atoms with Gasteiger partial charge in [-0.05, 0) is 36.6 Å². The van der Waals surface area contributed by atoms with E-state index in [1.807, 2.05) is 5.32 Å². The summed E-state index contributed by atoms with van der Waals surface area (Å²) in [5.41, 5.74) is -3.49. The van der Waals surface area contributed by atoms with Gasteiger partial charge in [-0.2, -0.15) is 26.3 Å². The highest BCUT2D eigenvalue weighted by atomic mass is 19.4. The number of hydrogen-bond acceptors (Lipinski definition) is 2. The van der Waals surface area contributed by atoms with Crippen LogP contribution in [0.2, 0.25) is 0 Å². The maximum Gasteiger partial charge on any atom is 0.416 e. The molecule has 2 N–H and O–H groups in total. The first-order valence-corrected chi connectivity index (χ1v) is 8.25. The molecule has 0 aromatic heterocycles. The van der Waals surface area contributed by atoms with Crippen molar-refractivity contribution in [2.75, 3.05) is 0 Å². The second kappa shape index (κ2) is 8.54. The number of carbonyl (C=O) groups is 2. The molecule has 0 aliphatic heterocycles. The van der Waals surface area contributed by atoms with Crippen LogP contribution < -0.4 is 5.32 Å². The van der Waals surface area contributed by atoms with E-state index in [9.17, 15) is 41.0 Å². The molecular weight excluding hydrogens is 404 g/mol. The minimum Gasteiger partial charge on any atom is -0.480 e. The summed E-state index contributed by atoms with van der Waals surface area (Å²) in [6, 6.07) is 7.49. The second-order valence-corrected chi connectivity index (χ2v) is 6.18. The predicted molar refractivity (Wildman–Crippen MR) is 90.1 cm³/mol. The number of carboxylic acids is 1. The maximum absolute atomic E-state index is 12.9. The Morgan fingerprint density at radius 3 is 1.86 bits per heavy atom. The van der Waals surface area contributed by atoms with Crippen molar-refractivity contribution < 1.29 is 41.0 Å². The summed E-state index contributed by atoms with van der Waals surface area (Å²) in [4.78, 5) is 23.6. The first kappa shape index (κ1) is 22.3. The number of hydrogen-bond donors (Lipinski definition) is 2. The fourth-order valence-electron chi connectivity index (χ4n) is 2.54. The molecule has 0 saturated carbocycles. The third-order valence-electron chi connectivity index (χ3n) is 4.02. The van der Waals surface area contributed by atoms with Crippen molar-refractivity contribution in [1.29, 1.82) is 0 Å². The lowest BCUT2D eigenvalue weighted by Crippen LogP contribution is -2.41. The van der Waals surface area contributed by atoms with Gasteiger partial charge in [0.25, 0.3) is 5.91 Å². The van der Waals surface area contributed by atoms with E-state index in [1.165, 1.54) is 0 Å². The molecule has 156 valence electrons. The van der Waals surface area contributed by atoms with Crippen molar-refractivity contribution in [2.24, 2.45) is 0 Å². The van der Waals surface area contributed by atoms with E-state index in [4.69, 9.17) is 0 Å². The number of alkyl halides is 6. The summed E-state index contributed by atoms with van der Waals surface area (Å²) in [6.07, 6.45) is -10.1. The van der Waals surface area contributed by atoms with Crippen LogP contribution in [0.25, 0.3) is 0 Å². The van der Waals surface area contributed by atoms with Gasteiger partial charge in [-0.15, -0.1) is 0 Å². The number of benzene rings is 2. The zero-order chi connectivity index (χ0) is 21.8. The van der Waals surface area contributed by atoms with Gasteiger partial charge in [-0.3, -0.25) is 4.79 Å². The first-order chi connectivity index (χ1) is 13.4. The summed E-state index contributed by atoms with van der Waals surface area (Å²) < 4.78 is 77.4. The predicted octanol–water partition coefficient (Wildman–Crippen LogP) is 4.54. The van der Waals surface area contributed by atoms with Crippen LogP contribution in [-0.2, 0) is 23.6 Å². The molecule has 0 heterocycles. The molecule has 1 atom stereocenters. The molecule has 2 rings (SSSR count). The SMILES string of the molecule is O=C(N[C@H](CCc1ccccc1)C(=O)O)c1cc(C(F)(F)F)cc(C(F)(F)F)c1. The van der Waals surface area contributed by atoms with Crippen molar-refractivity contribution in [2.45, 2.75) is 31.2 Å². The average Bonchev–Trinajstić information content (AvgIpc) is 2.63. The van der Waals surface area contributed by atoms with E-state index in [0.29, 0.717) is 0 Å². The lowest BCUT2D eigenvalue weighted by Gasteiger charge is -2.17. The highest BCUT2D eigenvalue weighted by molar-refractivity contribution is 5.97. The number of aliphatic carboxylic acids is 1. The quantitative estimate of drug-likeness (QED) is 0.676. The highest BCUT2D eigenvalue weighted by Crippen LogP contribution is 2.36. The first-order valence-electron chi connectivity index (χ1n) is 8.25. The van der Waals surface area contributed by atoms with E-state index in [2.05, 4.69) is 0 Å². The van der Waals surface area contributed by atoms with Gasteiger partial charge in [0.1, 0.15) is 6.04 Å². The number of nitrogens with one attached hydrogen (secondary N) is 1. The molecule has 2 aromatic carbocycles. The van der Waals surface area contributed by atoms with Crippen LogP contribution in [0.5, 0.6) is 0 Å². The Labute approximate surface area is 161 Å². The third kappa shape index (κ3) is 6.23. The molecule has 2 aromatic rings. The lowest BCUT2D eigenvalue weighted by atomic mass is 10.0. The topological polar surface area (TPSA) is 66.4 Å². The Morgan fingerprint density at radius 2 is 1.41 bits per heavy atom. The number of aryl methyl sites for hydroxylation is 1. The number of carboxylic acid groups (broad SMARTS) is 1. The molecule has 0 aliphatic carbocycles. The van der Waals surface area contributed by atoms with Gasteiger partial charge in [0, 0.05) is 5.56 Å². The molecule has 10 heteroatoms. The molecule has 29 heavy (non-hydrogen) atoms. The van der Waals surface area contributed by atoms with Crippen LogP contribution in [0.15, 0.2) is 48.5 Å². The van der Waals surface area contributed by atoms with E-state index in [1.54, 1.807) is 30.3 Å². The van der Waals surface area contributed by atoms with Crippen LogP contribution in [-0.4, -0.2) is 23.0 Å². The van der Waals surface area contributed by atoms with Crippen LogP contribution in [0.1, 0.15) is 33.5 Å². The Morgan fingerprint density at radius 1 is 0.897 bits per heavy atom. The van der Waals surface area contributed by atoms with Crippen LogP contribution >= 0.6 is 0 Å². The van der Waals surface area contributed by atoms with Gasteiger partial charge in [-0.25, -0.2) is 4.79 Å². The zero-order valence-corrected chi connectivity index (χ0v) is 14.6. The number of amides is 1. The van der Waals surface area contributed by atoms with Crippen LogP contribution in [0.4, 0.5) is 26.3 Å². The summed E-state index contributed by atoms with van der Waals surface area (Å²) in [7, 11) is 0. The smallest absolute Gasteiger partial charge is 0.416 e. The largest absolute Gasteiger partial charge is 0.480 e. The van der Waals surface area contributed by atoms with Crippen molar-refractivity contribution >= 4 is 11.9 Å². The molecular formula is C19H15F6NO3. The van der Waals surface area contributed by atoms with E-state index >= 15 is 0 Å². The average molecular weight is 419 g/mol. The summed E-state index contributed by atoms with van der Waals surface area (Å²) >= 11 is 0. The minimum atomic E-state index is -5.12. The van der Waals surface area contributed by atoms with E-state index in [-0.39, 0.29) is 31.0 Å². The molecule has 0 bridgehead atoms. The molecule has 0 fully saturated rings. The van der Waals surface area contributed by atoms with Crippen molar-refractivity contribution in [1.82, 2.24) is 5.32 Å². The molecule has 0 aliphatic rings. The normalized spacial score (nSPS) is 13.0. The molecule has 4 nitrogen and oxygen atoms in total. The summed E-state index contributed by atoms with van der Waals surface area (Å²) in [6.45, 7) is 0. The molecule has 0 radical (unpaired) electrons. The van der Waals surface area contributed by atoms with Gasteiger partial charge in [0.05, 0.1) is 11.1 Å². The third-order valence-corrected chi connectivity index (χ3v) is 4.02. The van der Waals surface area contributed by atoms with E-state index < -0.39 is 47.0 Å². The molecule has 0 saturated heterocycles. The van der Waals surface area contributed by atoms with Gasteiger partial charge in [0.2, 0.25) is 0 Å². The Hall–Kier alpha value is -3.04.